The first-order valence-electron chi connectivity index (χ1n) is 9.83. The van der Waals surface area contributed by atoms with E-state index >= 15 is 0 Å². The number of likely N-dealkylation sites (tertiary alicyclic amines) is 2. The van der Waals surface area contributed by atoms with Crippen LogP contribution in [0.5, 0.6) is 0 Å². The molecule has 3 heteroatoms. The summed E-state index contributed by atoms with van der Waals surface area (Å²) >= 11 is 0. The number of amides is 1. The number of hydrogen-bond donors (Lipinski definition) is 0. The van der Waals surface area contributed by atoms with Gasteiger partial charge < -0.3 is 9.80 Å². The molecule has 0 aromatic heterocycles. The topological polar surface area (TPSA) is 23.6 Å². The maximum absolute atomic E-state index is 13.1. The lowest BCUT2D eigenvalue weighted by Crippen LogP contribution is -2.41. The summed E-state index contributed by atoms with van der Waals surface area (Å²) in [6.07, 6.45) is 5.58. The van der Waals surface area contributed by atoms with Gasteiger partial charge in [-0.05, 0) is 61.7 Å². The zero-order valence-corrected chi connectivity index (χ0v) is 15.3. The number of hydrogen-bond acceptors (Lipinski definition) is 2. The average molecular weight is 329 g/mol. The van der Waals surface area contributed by atoms with E-state index in [-0.39, 0.29) is 5.92 Å². The number of carbonyl (C=O) groups excluding carboxylic acids is 1. The molecule has 0 aromatic carbocycles. The van der Waals surface area contributed by atoms with Gasteiger partial charge in [0.2, 0.25) is 5.91 Å². The van der Waals surface area contributed by atoms with Gasteiger partial charge in [0.05, 0.1) is 0 Å². The van der Waals surface area contributed by atoms with Crippen LogP contribution in [0.2, 0.25) is 0 Å². The van der Waals surface area contributed by atoms with Crippen LogP contribution in [0.15, 0.2) is 24.9 Å². The van der Waals surface area contributed by atoms with Gasteiger partial charge in [0, 0.05) is 37.8 Å². The minimum Gasteiger partial charge on any atom is -0.375 e. The molecule has 0 bridgehead atoms. The van der Waals surface area contributed by atoms with Crippen LogP contribution >= 0.6 is 0 Å². The standard InChI is InChI=1S/C21H32N2O/c1-5-16-18-10-17(18)14(4)19-11-23(12-20(16)19)21(24)15-6-8-22(9-7-15)13(2)3/h5,14-20H,1-2,6-12H2,3-4H3. The third-order valence-electron chi connectivity index (χ3n) is 7.61. The summed E-state index contributed by atoms with van der Waals surface area (Å²) < 4.78 is 0. The predicted molar refractivity (Wildman–Crippen MR) is 97.1 cm³/mol. The Morgan fingerprint density at radius 3 is 2.33 bits per heavy atom. The van der Waals surface area contributed by atoms with E-state index in [4.69, 9.17) is 0 Å². The fraction of sp³-hybridized carbons (Fsp3) is 0.762. The average Bonchev–Trinajstić information content (AvgIpc) is 3.25. The van der Waals surface area contributed by atoms with Crippen molar-refractivity contribution < 1.29 is 4.79 Å². The molecular weight excluding hydrogens is 296 g/mol. The first-order chi connectivity index (χ1) is 11.5. The Morgan fingerprint density at radius 1 is 1.04 bits per heavy atom. The molecule has 6 unspecified atom stereocenters. The van der Waals surface area contributed by atoms with Gasteiger partial charge in [0.1, 0.15) is 0 Å². The Bertz CT molecular complexity index is 548. The highest BCUT2D eigenvalue weighted by atomic mass is 16.2. The van der Waals surface area contributed by atoms with Gasteiger partial charge in [-0.1, -0.05) is 19.6 Å². The minimum atomic E-state index is 0.229. The van der Waals surface area contributed by atoms with Gasteiger partial charge in [-0.2, -0.15) is 0 Å². The third kappa shape index (κ3) is 2.51. The van der Waals surface area contributed by atoms with Gasteiger partial charge in [-0.15, -0.1) is 6.58 Å². The van der Waals surface area contributed by atoms with Gasteiger partial charge in [-0.25, -0.2) is 0 Å². The number of fused-ring (bicyclic) bond motifs is 2. The number of rotatable bonds is 3. The van der Waals surface area contributed by atoms with Crippen molar-refractivity contribution in [3.05, 3.63) is 24.9 Å². The van der Waals surface area contributed by atoms with Crippen molar-refractivity contribution in [2.75, 3.05) is 26.2 Å². The molecule has 2 heterocycles. The van der Waals surface area contributed by atoms with Crippen molar-refractivity contribution >= 4 is 5.91 Å². The van der Waals surface area contributed by atoms with Gasteiger partial charge >= 0.3 is 0 Å². The van der Waals surface area contributed by atoms with Crippen LogP contribution in [0.3, 0.4) is 0 Å². The van der Waals surface area contributed by atoms with Crippen LogP contribution in [0.4, 0.5) is 0 Å². The van der Waals surface area contributed by atoms with Crippen molar-refractivity contribution in [1.82, 2.24) is 9.80 Å². The van der Waals surface area contributed by atoms with Crippen LogP contribution in [0.25, 0.3) is 0 Å². The number of nitrogens with zero attached hydrogens (tertiary/aromatic N) is 2. The van der Waals surface area contributed by atoms with Crippen LogP contribution in [-0.4, -0.2) is 41.9 Å². The molecule has 2 saturated heterocycles. The molecule has 3 nitrogen and oxygen atoms in total. The van der Waals surface area contributed by atoms with E-state index in [0.29, 0.717) is 23.7 Å². The van der Waals surface area contributed by atoms with Crippen molar-refractivity contribution in [3.8, 4) is 0 Å². The fourth-order valence-corrected chi connectivity index (χ4v) is 6.03. The quantitative estimate of drug-likeness (QED) is 0.741. The monoisotopic (exact) mass is 328 g/mol. The SMILES string of the molecule is C=CC1C2CC2C(C)C2CN(C(=O)C3CCN(C(=C)C)CC3)CC12. The Hall–Kier alpha value is -1.25. The van der Waals surface area contributed by atoms with Gasteiger partial charge in [0.25, 0.3) is 0 Å². The Balaban J connectivity index is 1.40. The number of allylic oxidation sites excluding steroid dienone is 2. The first-order valence-corrected chi connectivity index (χ1v) is 9.83. The molecule has 0 aromatic rings. The zero-order chi connectivity index (χ0) is 17.0. The van der Waals surface area contributed by atoms with E-state index in [1.807, 2.05) is 0 Å². The summed E-state index contributed by atoms with van der Waals surface area (Å²) in [5.41, 5.74) is 1.13. The third-order valence-corrected chi connectivity index (χ3v) is 7.61. The zero-order valence-electron chi connectivity index (χ0n) is 15.3. The molecule has 4 aliphatic rings. The largest absolute Gasteiger partial charge is 0.375 e. The fourth-order valence-electron chi connectivity index (χ4n) is 6.03. The van der Waals surface area contributed by atoms with Crippen molar-refractivity contribution in [1.29, 1.82) is 0 Å². The lowest BCUT2D eigenvalue weighted by atomic mass is 9.69. The Labute approximate surface area is 146 Å². The summed E-state index contributed by atoms with van der Waals surface area (Å²) in [5.74, 6) is 5.24. The first kappa shape index (κ1) is 16.2. The summed E-state index contributed by atoms with van der Waals surface area (Å²) in [5, 5.41) is 0. The molecule has 0 radical (unpaired) electrons. The molecule has 6 atom stereocenters. The van der Waals surface area contributed by atoms with Crippen molar-refractivity contribution in [2.45, 2.75) is 33.1 Å². The van der Waals surface area contributed by atoms with Crippen LogP contribution in [0, 0.1) is 41.4 Å². The minimum absolute atomic E-state index is 0.229. The summed E-state index contributed by atoms with van der Waals surface area (Å²) in [6, 6.07) is 0. The molecule has 2 saturated carbocycles. The van der Waals surface area contributed by atoms with E-state index in [1.54, 1.807) is 0 Å². The molecule has 2 aliphatic carbocycles. The van der Waals surface area contributed by atoms with Crippen molar-refractivity contribution in [3.63, 3.8) is 0 Å². The normalized spacial score (nSPS) is 41.6. The molecule has 24 heavy (non-hydrogen) atoms. The van der Waals surface area contributed by atoms with Gasteiger partial charge in [-0.3, -0.25) is 4.79 Å². The second-order valence-electron chi connectivity index (χ2n) is 8.80. The molecule has 2 aliphatic heterocycles. The lowest BCUT2D eigenvalue weighted by molar-refractivity contribution is -0.136. The smallest absolute Gasteiger partial charge is 0.225 e. The van der Waals surface area contributed by atoms with E-state index in [1.165, 1.54) is 6.42 Å². The summed E-state index contributed by atoms with van der Waals surface area (Å²) in [4.78, 5) is 17.6. The molecule has 4 fully saturated rings. The maximum Gasteiger partial charge on any atom is 0.225 e. The number of carbonyl (C=O) groups is 1. The second kappa shape index (κ2) is 5.93. The molecule has 4 rings (SSSR count). The van der Waals surface area contributed by atoms with E-state index < -0.39 is 0 Å². The maximum atomic E-state index is 13.1. The van der Waals surface area contributed by atoms with Crippen LogP contribution < -0.4 is 0 Å². The highest BCUT2D eigenvalue weighted by Gasteiger charge is 2.58. The highest BCUT2D eigenvalue weighted by molar-refractivity contribution is 5.79. The van der Waals surface area contributed by atoms with E-state index in [0.717, 1.165) is 62.5 Å². The summed E-state index contributed by atoms with van der Waals surface area (Å²) in [6.45, 7) is 16.6. The van der Waals surface area contributed by atoms with E-state index in [2.05, 4.69) is 42.9 Å². The lowest BCUT2D eigenvalue weighted by Gasteiger charge is -2.35. The Kier molecular flexibility index (Phi) is 4.01. The summed E-state index contributed by atoms with van der Waals surface area (Å²) in [7, 11) is 0. The number of piperidine rings is 1. The van der Waals surface area contributed by atoms with Crippen molar-refractivity contribution in [2.24, 2.45) is 41.4 Å². The van der Waals surface area contributed by atoms with Crippen LogP contribution in [-0.2, 0) is 4.79 Å². The molecule has 0 N–H and O–H groups in total. The molecular formula is C21H32N2O. The molecule has 0 spiro atoms. The second-order valence-corrected chi connectivity index (χ2v) is 8.80. The predicted octanol–water partition coefficient (Wildman–Crippen LogP) is 3.39. The van der Waals surface area contributed by atoms with E-state index in [9.17, 15) is 4.79 Å². The highest BCUT2D eigenvalue weighted by Crippen LogP contribution is 2.61. The molecule has 132 valence electrons. The molecule has 1 amide bonds. The van der Waals surface area contributed by atoms with Crippen LogP contribution in [0.1, 0.15) is 33.1 Å². The van der Waals surface area contributed by atoms with Gasteiger partial charge in [0.15, 0.2) is 0 Å². The Morgan fingerprint density at radius 2 is 1.71 bits per heavy atom.